The minimum absolute atomic E-state index is 0.107. The number of fused-ring (bicyclic) bond motifs is 2. The number of para-hydroxylation sites is 1. The van der Waals surface area contributed by atoms with E-state index >= 15 is 0 Å². The predicted molar refractivity (Wildman–Crippen MR) is 109 cm³/mol. The molecule has 10 heteroatoms. The smallest absolute Gasteiger partial charge is 0.332 e. The van der Waals surface area contributed by atoms with E-state index < -0.39 is 11.2 Å². The zero-order valence-corrected chi connectivity index (χ0v) is 16.8. The van der Waals surface area contributed by atoms with E-state index in [1.807, 2.05) is 24.3 Å². The fourth-order valence-electron chi connectivity index (χ4n) is 3.13. The monoisotopic (exact) mass is 413 g/mol. The van der Waals surface area contributed by atoms with Gasteiger partial charge >= 0.3 is 11.7 Å². The van der Waals surface area contributed by atoms with Crippen LogP contribution in [0.25, 0.3) is 21.4 Å². The molecule has 0 aliphatic carbocycles. The first kappa shape index (κ1) is 19.1. The lowest BCUT2D eigenvalue weighted by molar-refractivity contribution is -0.143. The molecule has 29 heavy (non-hydrogen) atoms. The van der Waals surface area contributed by atoms with Gasteiger partial charge in [-0.1, -0.05) is 12.1 Å². The second-order valence-electron chi connectivity index (χ2n) is 6.61. The molecule has 0 aliphatic rings. The third-order valence-electron chi connectivity index (χ3n) is 4.69. The second kappa shape index (κ2) is 7.63. The van der Waals surface area contributed by atoms with Crippen LogP contribution in [0.1, 0.15) is 11.4 Å². The quantitative estimate of drug-likeness (QED) is 0.441. The molecule has 0 N–H and O–H groups in total. The number of nitrogens with zero attached hydrogens (tertiary/aromatic N) is 5. The summed E-state index contributed by atoms with van der Waals surface area (Å²) < 4.78 is 10.3. The molecule has 4 aromatic rings. The Bertz CT molecular complexity index is 1300. The Labute approximate surface area is 168 Å². The van der Waals surface area contributed by atoms with Crippen molar-refractivity contribution < 1.29 is 9.53 Å². The minimum atomic E-state index is -0.436. The van der Waals surface area contributed by atoms with Crippen LogP contribution in [0.4, 0.5) is 0 Å². The predicted octanol–water partition coefficient (Wildman–Crippen LogP) is 1.22. The Hall–Kier alpha value is -3.27. The first-order chi connectivity index (χ1) is 14.0. The van der Waals surface area contributed by atoms with Gasteiger partial charge in [0.25, 0.3) is 5.56 Å². The summed E-state index contributed by atoms with van der Waals surface area (Å²) in [5.41, 5.74) is 0.681. The highest BCUT2D eigenvalue weighted by Crippen LogP contribution is 2.22. The highest BCUT2D eigenvalue weighted by molar-refractivity contribution is 7.18. The van der Waals surface area contributed by atoms with Crippen molar-refractivity contribution in [3.05, 3.63) is 56.4 Å². The number of esters is 1. The van der Waals surface area contributed by atoms with Crippen LogP contribution in [0.3, 0.4) is 0 Å². The van der Waals surface area contributed by atoms with Gasteiger partial charge in [0.1, 0.15) is 6.61 Å². The van der Waals surface area contributed by atoms with Gasteiger partial charge in [-0.2, -0.15) is 0 Å². The third kappa shape index (κ3) is 3.58. The molecule has 0 spiro atoms. The molecule has 0 unspecified atom stereocenters. The van der Waals surface area contributed by atoms with Gasteiger partial charge in [-0.3, -0.25) is 18.7 Å². The Balaban J connectivity index is 1.37. The number of benzene rings is 1. The molecule has 0 amide bonds. The average Bonchev–Trinajstić information content (AvgIpc) is 3.33. The van der Waals surface area contributed by atoms with Crippen molar-refractivity contribution >= 4 is 38.7 Å². The number of aromatic nitrogens is 5. The van der Waals surface area contributed by atoms with E-state index in [0.29, 0.717) is 17.6 Å². The summed E-state index contributed by atoms with van der Waals surface area (Å²) in [6.45, 7) is 0.382. The van der Waals surface area contributed by atoms with Crippen molar-refractivity contribution in [2.24, 2.45) is 14.1 Å². The van der Waals surface area contributed by atoms with Gasteiger partial charge in [-0.05, 0) is 12.1 Å². The van der Waals surface area contributed by atoms with Gasteiger partial charge < -0.3 is 9.30 Å². The van der Waals surface area contributed by atoms with Crippen molar-refractivity contribution in [2.45, 2.75) is 19.4 Å². The highest BCUT2D eigenvalue weighted by Gasteiger charge is 2.14. The fourth-order valence-corrected chi connectivity index (χ4v) is 4.10. The minimum Gasteiger partial charge on any atom is -0.464 e. The average molecular weight is 413 g/mol. The molecule has 150 valence electrons. The second-order valence-corrected chi connectivity index (χ2v) is 7.73. The van der Waals surface area contributed by atoms with Gasteiger partial charge in [-0.15, -0.1) is 11.3 Å². The summed E-state index contributed by atoms with van der Waals surface area (Å²) in [4.78, 5) is 45.1. The molecule has 0 atom stereocenters. The summed E-state index contributed by atoms with van der Waals surface area (Å²) in [6.07, 6.45) is 2.23. The van der Waals surface area contributed by atoms with Crippen molar-refractivity contribution in [1.29, 1.82) is 0 Å². The molecule has 4 rings (SSSR count). The molecule has 0 radical (unpaired) electrons. The maximum atomic E-state index is 12.4. The number of hydrogen-bond acceptors (Lipinski definition) is 7. The largest absolute Gasteiger partial charge is 0.464 e. The molecule has 3 aromatic heterocycles. The molecule has 0 saturated heterocycles. The number of hydrogen-bond donors (Lipinski definition) is 0. The zero-order valence-electron chi connectivity index (χ0n) is 16.0. The van der Waals surface area contributed by atoms with E-state index in [0.717, 1.165) is 19.8 Å². The maximum absolute atomic E-state index is 12.4. The Morgan fingerprint density at radius 2 is 1.97 bits per heavy atom. The molecule has 1 aromatic carbocycles. The van der Waals surface area contributed by atoms with E-state index in [1.54, 1.807) is 23.0 Å². The lowest BCUT2D eigenvalue weighted by Crippen LogP contribution is -2.37. The van der Waals surface area contributed by atoms with Gasteiger partial charge in [-0.25, -0.2) is 14.8 Å². The molecule has 3 heterocycles. The van der Waals surface area contributed by atoms with E-state index in [2.05, 4.69) is 9.97 Å². The van der Waals surface area contributed by atoms with Crippen LogP contribution in [0.2, 0.25) is 0 Å². The van der Waals surface area contributed by atoms with Crippen LogP contribution in [0.15, 0.2) is 40.2 Å². The fraction of sp³-hybridized carbons (Fsp3) is 0.316. The van der Waals surface area contributed by atoms with Crippen LogP contribution >= 0.6 is 11.3 Å². The molecule has 0 saturated carbocycles. The Morgan fingerprint density at radius 1 is 1.17 bits per heavy atom. The van der Waals surface area contributed by atoms with Crippen molar-refractivity contribution in [3.8, 4) is 0 Å². The molecular weight excluding hydrogens is 394 g/mol. The van der Waals surface area contributed by atoms with E-state index in [-0.39, 0.29) is 25.5 Å². The number of imidazole rings is 1. The van der Waals surface area contributed by atoms with Crippen LogP contribution < -0.4 is 11.2 Å². The third-order valence-corrected chi connectivity index (χ3v) is 5.79. The van der Waals surface area contributed by atoms with Crippen LogP contribution in [0.5, 0.6) is 0 Å². The van der Waals surface area contributed by atoms with E-state index in [1.165, 1.54) is 17.9 Å². The topological polar surface area (TPSA) is 101 Å². The van der Waals surface area contributed by atoms with Crippen LogP contribution in [-0.2, 0) is 36.6 Å². The molecule has 0 fully saturated rings. The molecular formula is C19H19N5O4S. The summed E-state index contributed by atoms with van der Waals surface area (Å²) in [7, 11) is 2.98. The normalized spacial score (nSPS) is 11.4. The van der Waals surface area contributed by atoms with Crippen LogP contribution in [-0.4, -0.2) is 36.2 Å². The van der Waals surface area contributed by atoms with Crippen molar-refractivity contribution in [1.82, 2.24) is 23.7 Å². The summed E-state index contributed by atoms with van der Waals surface area (Å²) in [6, 6.07) is 7.85. The number of aryl methyl sites for hydroxylation is 2. The Kier molecular flexibility index (Phi) is 5.01. The van der Waals surface area contributed by atoms with Crippen molar-refractivity contribution in [3.63, 3.8) is 0 Å². The van der Waals surface area contributed by atoms with E-state index in [9.17, 15) is 14.4 Å². The summed E-state index contributed by atoms with van der Waals surface area (Å²) in [5.74, 6) is -0.325. The van der Waals surface area contributed by atoms with Gasteiger partial charge in [0.2, 0.25) is 0 Å². The maximum Gasteiger partial charge on any atom is 0.332 e. The van der Waals surface area contributed by atoms with Gasteiger partial charge in [0.05, 0.1) is 34.5 Å². The zero-order chi connectivity index (χ0) is 20.5. The first-order valence-electron chi connectivity index (χ1n) is 9.06. The summed E-state index contributed by atoms with van der Waals surface area (Å²) in [5, 5.41) is 0.896. The lowest BCUT2D eigenvalue weighted by Gasteiger charge is -2.07. The first-order valence-corrected chi connectivity index (χ1v) is 9.88. The van der Waals surface area contributed by atoms with Gasteiger partial charge in [0, 0.05) is 20.5 Å². The standard InChI is InChI=1S/C19H19N5O4S/c1-22-17-16(18(26)23(2)19(22)27)24(11-20-17)9-10-28-15(25)8-7-14-21-12-5-3-4-6-13(12)29-14/h3-6,11H,7-10H2,1-2H3. The number of rotatable bonds is 6. The molecule has 9 nitrogen and oxygen atoms in total. The summed E-state index contributed by atoms with van der Waals surface area (Å²) >= 11 is 1.57. The Morgan fingerprint density at radius 3 is 2.76 bits per heavy atom. The molecule has 0 aliphatic heterocycles. The molecule has 0 bridgehead atoms. The lowest BCUT2D eigenvalue weighted by atomic mass is 10.3. The van der Waals surface area contributed by atoms with Gasteiger partial charge in [0.15, 0.2) is 11.2 Å². The van der Waals surface area contributed by atoms with Crippen LogP contribution in [0, 0.1) is 0 Å². The van der Waals surface area contributed by atoms with Crippen molar-refractivity contribution in [2.75, 3.05) is 6.61 Å². The number of thiazole rings is 1. The number of carbonyl (C=O) groups is 1. The SMILES string of the molecule is Cn1c(=O)c2c(ncn2CCOC(=O)CCc2nc3ccccc3s2)n(C)c1=O. The van der Waals surface area contributed by atoms with E-state index in [4.69, 9.17) is 4.74 Å². The number of ether oxygens (including phenoxy) is 1. The number of carbonyl (C=O) groups excluding carboxylic acids is 1. The highest BCUT2D eigenvalue weighted by atomic mass is 32.1.